The topological polar surface area (TPSA) is 0 Å². The van der Waals surface area contributed by atoms with Crippen molar-refractivity contribution in [2.24, 2.45) is 0 Å². The molecule has 0 saturated heterocycles. The van der Waals surface area contributed by atoms with Crippen LogP contribution < -0.4 is 18.9 Å². The van der Waals surface area contributed by atoms with Crippen molar-refractivity contribution in [2.45, 2.75) is 42.8 Å². The Labute approximate surface area is 109 Å². The minimum atomic E-state index is 0. The molecule has 0 radical (unpaired) electrons. The summed E-state index contributed by atoms with van der Waals surface area (Å²) < 4.78 is 1.02. The molecule has 0 aromatic carbocycles. The monoisotopic (exact) mass is 228 g/mol. The van der Waals surface area contributed by atoms with Gasteiger partial charge < -0.3 is 12.6 Å². The Hall–Kier alpha value is 1.39. The molecule has 2 atom stereocenters. The molecule has 13 heavy (non-hydrogen) atoms. The molecular weight excluding hydrogens is 211 g/mol. The smallest absolute Gasteiger partial charge is 0.779 e. The van der Waals surface area contributed by atoms with Gasteiger partial charge in [0.05, 0.1) is 4.58 Å². The molecule has 0 rings (SSSR count). The van der Waals surface area contributed by atoms with Crippen LogP contribution in [0.1, 0.15) is 33.6 Å². The Bertz CT molecular complexity index is 128. The maximum Gasteiger partial charge on any atom is 1.00 e. The molecule has 4 heteroatoms. The molecule has 0 bridgehead atoms. The first-order chi connectivity index (χ1) is 5.74. The third kappa shape index (κ3) is 9.69. The van der Waals surface area contributed by atoms with Crippen LogP contribution in [-0.4, -0.2) is 9.16 Å². The van der Waals surface area contributed by atoms with Crippen molar-refractivity contribution in [3.8, 4) is 0 Å². The summed E-state index contributed by atoms with van der Waals surface area (Å²) in [5.41, 5.74) is 0. The fourth-order valence-corrected chi connectivity index (χ4v) is 3.37. The van der Waals surface area contributed by atoms with E-state index in [1.165, 1.54) is 6.42 Å². The van der Waals surface area contributed by atoms with Crippen molar-refractivity contribution < 1.29 is 18.9 Å². The molecule has 0 fully saturated rings. The second kappa shape index (κ2) is 11.5. The van der Waals surface area contributed by atoms with Gasteiger partial charge in [-0.25, -0.2) is 0 Å². The average Bonchev–Trinajstić information content (AvgIpc) is 2.11. The molecule has 0 saturated carbocycles. The van der Waals surface area contributed by atoms with Crippen LogP contribution in [0.2, 0.25) is 0 Å². The first kappa shape index (κ1) is 16.8. The van der Waals surface area contributed by atoms with Crippen LogP contribution >= 0.6 is 23.5 Å². The van der Waals surface area contributed by atoms with Crippen molar-refractivity contribution in [1.82, 2.24) is 0 Å². The van der Waals surface area contributed by atoms with Crippen LogP contribution in [0.3, 0.4) is 0 Å². The summed E-state index contributed by atoms with van der Waals surface area (Å²) in [6.07, 6.45) is 4.36. The SMILES string of the molecule is C/C=C/SC(CC)SC([S-])CC.[Li+]. The molecular formula is C9H17LiS3. The normalized spacial score (nSPS) is 15.4. The van der Waals surface area contributed by atoms with Gasteiger partial charge in [-0.3, -0.25) is 0 Å². The van der Waals surface area contributed by atoms with Gasteiger partial charge in [-0.2, -0.15) is 11.8 Å². The molecule has 0 aliphatic rings. The van der Waals surface area contributed by atoms with Gasteiger partial charge in [0.2, 0.25) is 0 Å². The van der Waals surface area contributed by atoms with Crippen molar-refractivity contribution in [2.75, 3.05) is 0 Å². The summed E-state index contributed by atoms with van der Waals surface area (Å²) in [6, 6.07) is 0. The van der Waals surface area contributed by atoms with Crippen molar-refractivity contribution >= 4 is 36.2 Å². The average molecular weight is 228 g/mol. The van der Waals surface area contributed by atoms with E-state index >= 15 is 0 Å². The summed E-state index contributed by atoms with van der Waals surface area (Å²) in [5, 5.41) is 2.15. The second-order valence-electron chi connectivity index (χ2n) is 2.42. The van der Waals surface area contributed by atoms with Gasteiger partial charge in [0, 0.05) is 0 Å². The van der Waals surface area contributed by atoms with Crippen molar-refractivity contribution in [3.63, 3.8) is 0 Å². The van der Waals surface area contributed by atoms with Gasteiger partial charge in [-0.1, -0.05) is 26.3 Å². The molecule has 0 aromatic heterocycles. The summed E-state index contributed by atoms with van der Waals surface area (Å²) in [4.78, 5) is 0. The molecule has 2 unspecified atom stereocenters. The standard InChI is InChI=1S/C9H18S3.Li/c1-4-7-11-9(6-3)12-8(10)5-2;/h4,7-10H,5-6H2,1-3H3;/q;+1/p-1/b7-4+;. The summed E-state index contributed by atoms with van der Waals surface area (Å²) in [5.74, 6) is 0. The van der Waals surface area contributed by atoms with Crippen molar-refractivity contribution in [1.29, 1.82) is 0 Å². The van der Waals surface area contributed by atoms with Gasteiger partial charge in [-0.15, -0.1) is 16.3 Å². The molecule has 0 amide bonds. The Morgan fingerprint density at radius 1 is 1.31 bits per heavy atom. The van der Waals surface area contributed by atoms with E-state index in [9.17, 15) is 0 Å². The van der Waals surface area contributed by atoms with Crippen molar-refractivity contribution in [3.05, 3.63) is 11.5 Å². The number of rotatable bonds is 6. The van der Waals surface area contributed by atoms with Crippen LogP contribution in [0, 0.1) is 0 Å². The van der Waals surface area contributed by atoms with Gasteiger partial charge in [0.25, 0.3) is 0 Å². The summed E-state index contributed by atoms with van der Waals surface area (Å²) in [7, 11) is 0. The number of hydrogen-bond donors (Lipinski definition) is 0. The zero-order valence-electron chi connectivity index (χ0n) is 8.95. The van der Waals surface area contributed by atoms with E-state index in [-0.39, 0.29) is 18.9 Å². The fraction of sp³-hybridized carbons (Fsp3) is 0.778. The van der Waals surface area contributed by atoms with Crippen LogP contribution in [0.5, 0.6) is 0 Å². The summed E-state index contributed by atoms with van der Waals surface area (Å²) >= 11 is 9.05. The maximum atomic E-state index is 5.26. The molecule has 72 valence electrons. The third-order valence-electron chi connectivity index (χ3n) is 1.34. The predicted octanol–water partition coefficient (Wildman–Crippen LogP) is 1.01. The van der Waals surface area contributed by atoms with E-state index in [2.05, 4.69) is 32.3 Å². The molecule has 0 nitrogen and oxygen atoms in total. The number of thioether (sulfide) groups is 2. The van der Waals surface area contributed by atoms with Gasteiger partial charge >= 0.3 is 18.9 Å². The van der Waals surface area contributed by atoms with Crippen LogP contribution in [0.25, 0.3) is 0 Å². The zero-order chi connectivity index (χ0) is 9.40. The Kier molecular flexibility index (Phi) is 14.8. The second-order valence-corrected chi connectivity index (χ2v) is 6.11. The van der Waals surface area contributed by atoms with Gasteiger partial charge in [-0.05, 0) is 18.8 Å². The van der Waals surface area contributed by atoms with E-state index < -0.39 is 0 Å². The summed E-state index contributed by atoms with van der Waals surface area (Å²) in [6.45, 7) is 6.42. The number of allylic oxidation sites excluding steroid dienone is 1. The van der Waals surface area contributed by atoms with E-state index in [0.29, 0.717) is 9.16 Å². The maximum absolute atomic E-state index is 5.26. The minimum Gasteiger partial charge on any atom is -0.779 e. The van der Waals surface area contributed by atoms with Gasteiger partial charge in [0.15, 0.2) is 0 Å². The largest absolute Gasteiger partial charge is 1.00 e. The number of hydrogen-bond acceptors (Lipinski definition) is 3. The van der Waals surface area contributed by atoms with Crippen LogP contribution in [0.15, 0.2) is 11.5 Å². The van der Waals surface area contributed by atoms with Crippen LogP contribution in [-0.2, 0) is 12.6 Å². The minimum absolute atomic E-state index is 0. The van der Waals surface area contributed by atoms with E-state index in [1.54, 1.807) is 0 Å². The van der Waals surface area contributed by atoms with E-state index in [0.717, 1.165) is 6.42 Å². The fourth-order valence-electron chi connectivity index (χ4n) is 0.656. The predicted molar refractivity (Wildman–Crippen MR) is 65.5 cm³/mol. The van der Waals surface area contributed by atoms with E-state index in [1.807, 2.05) is 23.5 Å². The van der Waals surface area contributed by atoms with Crippen LogP contribution in [0.4, 0.5) is 0 Å². The molecule has 0 heterocycles. The first-order valence-electron chi connectivity index (χ1n) is 4.32. The first-order valence-corrected chi connectivity index (χ1v) is 6.68. The molecule has 0 aromatic rings. The Morgan fingerprint density at radius 2 is 1.92 bits per heavy atom. The molecule has 0 aliphatic heterocycles. The Morgan fingerprint density at radius 3 is 2.31 bits per heavy atom. The molecule has 0 aliphatic carbocycles. The zero-order valence-corrected chi connectivity index (χ0v) is 11.4. The molecule has 0 N–H and O–H groups in total. The quantitative estimate of drug-likeness (QED) is 0.378. The third-order valence-corrected chi connectivity index (χ3v) is 5.01. The van der Waals surface area contributed by atoms with E-state index in [4.69, 9.17) is 12.6 Å². The van der Waals surface area contributed by atoms with Gasteiger partial charge in [0.1, 0.15) is 0 Å². The Balaban J connectivity index is 0. The molecule has 0 spiro atoms.